The van der Waals surface area contributed by atoms with Crippen molar-refractivity contribution < 1.29 is 29.4 Å². The smallest absolute Gasteiger partial charge is 0.335 e. The average molecular weight is 785 g/mol. The lowest BCUT2D eigenvalue weighted by atomic mass is 10.0. The number of phenolic OH excluding ortho intramolecular Hbond substituents is 1. The van der Waals surface area contributed by atoms with Crippen molar-refractivity contribution in [2.24, 2.45) is 0 Å². The van der Waals surface area contributed by atoms with Gasteiger partial charge >= 0.3 is 18.0 Å². The Labute approximate surface area is 294 Å². The number of fused-ring (bicyclic) bond motifs is 1. The lowest BCUT2D eigenvalue weighted by Gasteiger charge is -2.41. The number of carbonyl (C=O) groups is 4. The maximum Gasteiger partial charge on any atom is 0.335 e. The summed E-state index contributed by atoms with van der Waals surface area (Å²) in [6, 6.07) is 16.6. The number of aromatic hydroxyl groups is 1. The van der Waals surface area contributed by atoms with E-state index in [0.717, 1.165) is 22.5 Å². The van der Waals surface area contributed by atoms with Crippen LogP contribution < -0.4 is 15.5 Å². The number of carboxylic acid groups (broad SMARTS) is 1. The van der Waals surface area contributed by atoms with Gasteiger partial charge in [-0.25, -0.2) is 14.4 Å². The van der Waals surface area contributed by atoms with Crippen molar-refractivity contribution in [3.05, 3.63) is 86.3 Å². The number of halogens is 2. The summed E-state index contributed by atoms with van der Waals surface area (Å²) in [7, 11) is 0. The van der Waals surface area contributed by atoms with E-state index in [2.05, 4.69) is 42.5 Å². The molecule has 3 aromatic carbocycles. The van der Waals surface area contributed by atoms with Gasteiger partial charge in [-0.3, -0.25) is 4.79 Å². The fraction of sp³-hybridized carbons (Fsp3) is 0.353. The summed E-state index contributed by atoms with van der Waals surface area (Å²) in [5.41, 5.74) is 3.60. The number of urea groups is 2. The van der Waals surface area contributed by atoms with E-state index >= 15 is 0 Å². The summed E-state index contributed by atoms with van der Waals surface area (Å²) in [6.07, 6.45) is 1.43. The Hall–Kier alpha value is -4.30. The molecule has 0 unspecified atom stereocenters. The molecule has 1 atom stereocenters. The molecule has 48 heavy (non-hydrogen) atoms. The minimum atomic E-state index is -0.997. The number of nitrogens with one attached hydrogen (secondary N) is 2. The Bertz CT molecular complexity index is 1700. The Kier molecular flexibility index (Phi) is 10.1. The van der Waals surface area contributed by atoms with Gasteiger partial charge in [-0.2, -0.15) is 0 Å². The molecule has 2 saturated heterocycles. The van der Waals surface area contributed by atoms with E-state index in [9.17, 15) is 29.4 Å². The molecule has 3 aliphatic heterocycles. The number of nitrogens with zero attached hydrogens (tertiary/aromatic N) is 4. The molecular weight excluding hydrogens is 748 g/mol. The lowest BCUT2D eigenvalue weighted by Crippen LogP contribution is -2.58. The van der Waals surface area contributed by atoms with E-state index in [1.54, 1.807) is 40.1 Å². The van der Waals surface area contributed by atoms with Gasteiger partial charge in [0.2, 0.25) is 5.91 Å². The zero-order valence-electron chi connectivity index (χ0n) is 26.1. The van der Waals surface area contributed by atoms with E-state index in [1.807, 2.05) is 40.1 Å². The van der Waals surface area contributed by atoms with Gasteiger partial charge in [-0.15, -0.1) is 0 Å². The minimum absolute atomic E-state index is 0.0148. The first kappa shape index (κ1) is 33.6. The second-order valence-electron chi connectivity index (χ2n) is 12.2. The predicted molar refractivity (Wildman–Crippen MR) is 187 cm³/mol. The number of hydrogen-bond acceptors (Lipinski definition) is 6. The molecule has 12 nitrogen and oxygen atoms in total. The Morgan fingerprint density at radius 2 is 1.58 bits per heavy atom. The van der Waals surface area contributed by atoms with Crippen LogP contribution >= 0.6 is 31.9 Å². The lowest BCUT2D eigenvalue weighted by molar-refractivity contribution is -0.133. The van der Waals surface area contributed by atoms with Crippen LogP contribution in [0.4, 0.5) is 21.0 Å². The van der Waals surface area contributed by atoms with Gasteiger partial charge < -0.3 is 40.4 Å². The van der Waals surface area contributed by atoms with E-state index < -0.39 is 12.0 Å². The Morgan fingerprint density at radius 3 is 2.27 bits per heavy atom. The topological polar surface area (TPSA) is 146 Å². The number of aromatic carboxylic acids is 1. The molecule has 3 aromatic rings. The molecule has 0 radical (unpaired) electrons. The van der Waals surface area contributed by atoms with Gasteiger partial charge in [-0.05, 0) is 92.2 Å². The van der Waals surface area contributed by atoms with Crippen LogP contribution in [0.25, 0.3) is 0 Å². The van der Waals surface area contributed by atoms with Crippen molar-refractivity contribution in [1.29, 1.82) is 0 Å². The molecule has 0 aliphatic carbocycles. The number of piperidine rings is 1. The molecule has 6 rings (SSSR count). The monoisotopic (exact) mass is 782 g/mol. The molecule has 0 bridgehead atoms. The van der Waals surface area contributed by atoms with Gasteiger partial charge in [-0.1, -0.05) is 24.3 Å². The number of phenols is 1. The summed E-state index contributed by atoms with van der Waals surface area (Å²) in [4.78, 5) is 59.3. The molecule has 14 heteroatoms. The summed E-state index contributed by atoms with van der Waals surface area (Å²) in [5, 5.41) is 25.6. The van der Waals surface area contributed by atoms with E-state index in [1.165, 1.54) is 0 Å². The third kappa shape index (κ3) is 7.39. The summed E-state index contributed by atoms with van der Waals surface area (Å²) in [6.45, 7) is 3.21. The second kappa shape index (κ2) is 14.4. The first-order valence-electron chi connectivity index (χ1n) is 15.8. The zero-order valence-corrected chi connectivity index (χ0v) is 29.2. The van der Waals surface area contributed by atoms with Gasteiger partial charge in [0, 0.05) is 69.7 Å². The predicted octanol–water partition coefficient (Wildman–Crippen LogP) is 5.10. The van der Waals surface area contributed by atoms with Crippen molar-refractivity contribution in [2.75, 3.05) is 49.5 Å². The highest BCUT2D eigenvalue weighted by Gasteiger charge is 2.35. The Morgan fingerprint density at radius 1 is 0.896 bits per heavy atom. The zero-order chi connectivity index (χ0) is 33.9. The van der Waals surface area contributed by atoms with E-state index in [-0.39, 0.29) is 41.7 Å². The Balaban J connectivity index is 1.11. The molecule has 252 valence electrons. The van der Waals surface area contributed by atoms with Crippen molar-refractivity contribution in [2.45, 2.75) is 37.9 Å². The number of carboxylic acids is 1. The quantitative estimate of drug-likeness (QED) is 0.261. The van der Waals surface area contributed by atoms with Crippen LogP contribution in [0.15, 0.2) is 69.6 Å². The van der Waals surface area contributed by atoms with Crippen molar-refractivity contribution in [3.63, 3.8) is 0 Å². The summed E-state index contributed by atoms with van der Waals surface area (Å²) >= 11 is 6.73. The highest BCUT2D eigenvalue weighted by molar-refractivity contribution is 9.11. The van der Waals surface area contributed by atoms with Gasteiger partial charge in [0.25, 0.3) is 0 Å². The number of likely N-dealkylation sites (tertiary alicyclic amines) is 1. The number of carbonyl (C=O) groups excluding carboxylic acids is 3. The number of anilines is 2. The van der Waals surface area contributed by atoms with Crippen LogP contribution in [0.1, 0.15) is 34.3 Å². The number of amides is 5. The van der Waals surface area contributed by atoms with Crippen LogP contribution in [-0.2, 0) is 17.8 Å². The molecule has 4 N–H and O–H groups in total. The number of rotatable bonds is 7. The third-order valence-corrected chi connectivity index (χ3v) is 10.4. The molecule has 5 amide bonds. The maximum atomic E-state index is 14.0. The highest BCUT2D eigenvalue weighted by atomic mass is 79.9. The number of benzene rings is 3. The maximum absolute atomic E-state index is 14.0. The first-order valence-corrected chi connectivity index (χ1v) is 17.4. The normalized spacial score (nSPS) is 17.4. The molecule has 0 saturated carbocycles. The molecule has 0 spiro atoms. The number of para-hydroxylation sites is 1. The molecule has 0 aromatic heterocycles. The fourth-order valence-corrected chi connectivity index (χ4v) is 7.83. The molecule has 2 fully saturated rings. The largest absolute Gasteiger partial charge is 0.506 e. The number of hydrogen-bond donors (Lipinski definition) is 4. The van der Waals surface area contributed by atoms with Crippen LogP contribution in [0.5, 0.6) is 5.75 Å². The standard InChI is InChI=1S/C34H36Br2N6O6/c35-26-16-21(17-27(36)30(26)43)18-29(31(44)40-14-12-39(13-15-40)25-6-3-5-22(19-25)32(45)46)38-33(47)41-10-8-24(9-11-41)42-20-23-4-1-2-7-28(23)37-34(42)48/h1-7,16-17,19,24,29,43H,8-15,18,20H2,(H,37,48)(H,38,47)(H,45,46)/t29-/m1/s1. The third-order valence-electron chi connectivity index (χ3n) is 9.21. The van der Waals surface area contributed by atoms with Gasteiger partial charge in [0.15, 0.2) is 0 Å². The van der Waals surface area contributed by atoms with E-state index in [4.69, 9.17) is 0 Å². The van der Waals surface area contributed by atoms with Crippen molar-refractivity contribution >= 4 is 67.2 Å². The van der Waals surface area contributed by atoms with Crippen LogP contribution in [0.3, 0.4) is 0 Å². The summed E-state index contributed by atoms with van der Waals surface area (Å²) < 4.78 is 0.932. The average Bonchev–Trinajstić information content (AvgIpc) is 3.09. The van der Waals surface area contributed by atoms with Crippen molar-refractivity contribution in [3.8, 4) is 5.75 Å². The SMILES string of the molecule is O=C(O)c1cccc(N2CCN(C(=O)[C@@H](Cc3cc(Br)c(O)c(Br)c3)NC(=O)N3CCC(N4Cc5ccccc5NC4=O)CC3)CC2)c1. The minimum Gasteiger partial charge on any atom is -0.506 e. The molecular formula is C34H36Br2N6O6. The van der Waals surface area contributed by atoms with Gasteiger partial charge in [0.05, 0.1) is 14.5 Å². The molecule has 3 aliphatic rings. The highest BCUT2D eigenvalue weighted by Crippen LogP contribution is 2.34. The summed E-state index contributed by atoms with van der Waals surface area (Å²) in [5.74, 6) is -1.17. The van der Waals surface area contributed by atoms with Crippen LogP contribution in [-0.4, -0.2) is 100 Å². The number of piperazine rings is 1. The fourth-order valence-electron chi connectivity index (χ4n) is 6.55. The van der Waals surface area contributed by atoms with E-state index in [0.29, 0.717) is 67.6 Å². The first-order chi connectivity index (χ1) is 23.1. The van der Waals surface area contributed by atoms with Gasteiger partial charge in [0.1, 0.15) is 11.8 Å². The van der Waals surface area contributed by atoms with Crippen LogP contribution in [0.2, 0.25) is 0 Å². The molecule has 3 heterocycles. The van der Waals surface area contributed by atoms with Crippen molar-refractivity contribution in [1.82, 2.24) is 20.0 Å². The second-order valence-corrected chi connectivity index (χ2v) is 13.9. The van der Waals surface area contributed by atoms with Crippen LogP contribution in [0, 0.1) is 0 Å².